The van der Waals surface area contributed by atoms with Crippen LogP contribution < -0.4 is 5.56 Å². The fraction of sp³-hybridized carbons (Fsp3) is 0.300. The molecule has 1 aliphatic heterocycles. The minimum Gasteiger partial charge on any atom is -0.377 e. The zero-order chi connectivity index (χ0) is 12.4. The zero-order valence-corrected chi connectivity index (χ0v) is 8.76. The van der Waals surface area contributed by atoms with Crippen molar-refractivity contribution in [2.45, 2.75) is 6.42 Å². The predicted molar refractivity (Wildman–Crippen MR) is 57.0 cm³/mol. The normalized spacial score (nSPS) is 15.5. The Morgan fingerprint density at radius 2 is 2.29 bits per heavy atom. The van der Waals surface area contributed by atoms with Crippen LogP contribution in [-0.2, 0) is 4.74 Å². The van der Waals surface area contributed by atoms with Gasteiger partial charge in [0.2, 0.25) is 0 Å². The van der Waals surface area contributed by atoms with Crippen molar-refractivity contribution in [3.8, 4) is 0 Å². The topological polar surface area (TPSA) is 74.4 Å². The van der Waals surface area contributed by atoms with Crippen LogP contribution in [0.3, 0.4) is 0 Å². The fourth-order valence-corrected chi connectivity index (χ4v) is 1.62. The highest BCUT2D eigenvalue weighted by Crippen LogP contribution is 2.15. The Bertz CT molecular complexity index is 550. The quantitative estimate of drug-likeness (QED) is 0.574. The van der Waals surface area contributed by atoms with Gasteiger partial charge < -0.3 is 4.74 Å². The molecule has 1 aromatic heterocycles. The molecule has 1 aliphatic rings. The van der Waals surface area contributed by atoms with E-state index in [-0.39, 0.29) is 0 Å². The van der Waals surface area contributed by atoms with Gasteiger partial charge in [0, 0.05) is 18.3 Å². The van der Waals surface area contributed by atoms with Crippen molar-refractivity contribution in [1.29, 1.82) is 0 Å². The summed E-state index contributed by atoms with van der Waals surface area (Å²) in [5.41, 5.74) is -1.08. The first-order valence-corrected chi connectivity index (χ1v) is 4.93. The third kappa shape index (κ3) is 2.23. The summed E-state index contributed by atoms with van der Waals surface area (Å²) < 4.78 is 19.2. The molecule has 0 spiro atoms. The number of rotatable bonds is 2. The maximum atomic E-state index is 13.2. The first-order valence-electron chi connectivity index (χ1n) is 4.93. The van der Waals surface area contributed by atoms with E-state index in [0.29, 0.717) is 31.4 Å². The monoisotopic (exact) mass is 240 g/mol. The maximum absolute atomic E-state index is 13.2. The number of nitrogens with zero attached hydrogens (tertiary/aromatic N) is 2. The van der Waals surface area contributed by atoms with Crippen molar-refractivity contribution in [2.75, 3.05) is 13.2 Å². The molecule has 0 atom stereocenters. The van der Waals surface area contributed by atoms with Crippen LogP contribution in [0.15, 0.2) is 23.1 Å². The maximum Gasteiger partial charge on any atom is 0.337 e. The summed E-state index contributed by atoms with van der Waals surface area (Å²) in [6.45, 7) is 0.717. The van der Waals surface area contributed by atoms with E-state index in [4.69, 9.17) is 4.74 Å². The van der Waals surface area contributed by atoms with Crippen LogP contribution in [0.1, 0.15) is 6.42 Å². The molecule has 17 heavy (non-hydrogen) atoms. The highest BCUT2D eigenvalue weighted by Gasteiger charge is 2.19. The van der Waals surface area contributed by atoms with Crippen molar-refractivity contribution in [3.63, 3.8) is 0 Å². The van der Waals surface area contributed by atoms with Gasteiger partial charge >= 0.3 is 11.2 Å². The molecule has 0 aliphatic carbocycles. The number of hydrogen-bond acceptors (Lipinski definition) is 4. The molecule has 0 saturated heterocycles. The van der Waals surface area contributed by atoms with Gasteiger partial charge in [-0.1, -0.05) is 0 Å². The van der Waals surface area contributed by atoms with E-state index in [2.05, 4.69) is 0 Å². The second kappa shape index (κ2) is 4.46. The lowest BCUT2D eigenvalue weighted by atomic mass is 10.2. The van der Waals surface area contributed by atoms with Gasteiger partial charge in [-0.3, -0.25) is 19.5 Å². The third-order valence-corrected chi connectivity index (χ3v) is 2.41. The van der Waals surface area contributed by atoms with Gasteiger partial charge in [-0.25, -0.2) is 4.39 Å². The van der Waals surface area contributed by atoms with Crippen LogP contribution in [0.2, 0.25) is 0 Å². The van der Waals surface area contributed by atoms with E-state index in [0.717, 1.165) is 10.8 Å². The number of ether oxygens (including phenoxy) is 1. The molecule has 6 nitrogen and oxygen atoms in total. The highest BCUT2D eigenvalue weighted by molar-refractivity contribution is 5.48. The molecule has 0 saturated carbocycles. The molecule has 0 amide bonds. The summed E-state index contributed by atoms with van der Waals surface area (Å²) in [7, 11) is 0. The standard InChI is InChI=1S/C10H9FN2O4/c11-7-5-9(13(15)16)10(14)12(6-7)8-1-3-17-4-2-8/h1,5-6H,2-4H2. The zero-order valence-electron chi connectivity index (χ0n) is 8.76. The largest absolute Gasteiger partial charge is 0.377 e. The van der Waals surface area contributed by atoms with Crippen LogP contribution in [0.25, 0.3) is 5.70 Å². The number of pyridine rings is 1. The van der Waals surface area contributed by atoms with Gasteiger partial charge in [0.1, 0.15) is 5.82 Å². The number of nitro groups is 1. The summed E-state index contributed by atoms with van der Waals surface area (Å²) in [6.07, 6.45) is 2.97. The summed E-state index contributed by atoms with van der Waals surface area (Å²) >= 11 is 0. The Kier molecular flexibility index (Phi) is 3.01. The highest BCUT2D eigenvalue weighted by atomic mass is 19.1. The number of hydrogen-bond donors (Lipinski definition) is 0. The van der Waals surface area contributed by atoms with Crippen LogP contribution >= 0.6 is 0 Å². The van der Waals surface area contributed by atoms with Crippen molar-refractivity contribution in [1.82, 2.24) is 4.57 Å². The van der Waals surface area contributed by atoms with Crippen LogP contribution in [0.5, 0.6) is 0 Å². The average Bonchev–Trinajstić information content (AvgIpc) is 2.32. The molecule has 0 fully saturated rings. The van der Waals surface area contributed by atoms with Gasteiger partial charge in [0.05, 0.1) is 24.2 Å². The molecule has 0 N–H and O–H groups in total. The van der Waals surface area contributed by atoms with Crippen LogP contribution in [0, 0.1) is 15.9 Å². The summed E-state index contributed by atoms with van der Waals surface area (Å²) in [5.74, 6) is -0.816. The van der Waals surface area contributed by atoms with E-state index >= 15 is 0 Å². The molecule has 0 radical (unpaired) electrons. The van der Waals surface area contributed by atoms with Gasteiger partial charge in [-0.15, -0.1) is 0 Å². The Balaban J connectivity index is 2.58. The van der Waals surface area contributed by atoms with E-state index < -0.39 is 22.0 Å². The van der Waals surface area contributed by atoms with Crippen molar-refractivity contribution < 1.29 is 14.1 Å². The second-order valence-electron chi connectivity index (χ2n) is 3.50. The first kappa shape index (κ1) is 11.5. The van der Waals surface area contributed by atoms with Crippen LogP contribution in [0.4, 0.5) is 10.1 Å². The van der Waals surface area contributed by atoms with Gasteiger partial charge in [0.15, 0.2) is 0 Å². The lowest BCUT2D eigenvalue weighted by molar-refractivity contribution is -0.386. The molecule has 1 aromatic rings. The summed E-state index contributed by atoms with van der Waals surface area (Å²) in [4.78, 5) is 21.4. The summed E-state index contributed by atoms with van der Waals surface area (Å²) in [6, 6.07) is 0.624. The number of halogens is 1. The lowest BCUT2D eigenvalue weighted by Gasteiger charge is -2.15. The minimum absolute atomic E-state index is 0.312. The third-order valence-electron chi connectivity index (χ3n) is 2.41. The van der Waals surface area contributed by atoms with Gasteiger partial charge in [-0.05, 0) is 6.08 Å². The first-order chi connectivity index (χ1) is 8.09. The number of aromatic nitrogens is 1. The molecular formula is C10H9FN2O4. The lowest BCUT2D eigenvalue weighted by Crippen LogP contribution is -2.24. The smallest absolute Gasteiger partial charge is 0.337 e. The molecule has 0 aromatic carbocycles. The van der Waals surface area contributed by atoms with E-state index in [9.17, 15) is 19.3 Å². The minimum atomic E-state index is -0.887. The van der Waals surface area contributed by atoms with Crippen LogP contribution in [-0.4, -0.2) is 22.7 Å². The van der Waals surface area contributed by atoms with E-state index in [1.54, 1.807) is 6.08 Å². The average molecular weight is 240 g/mol. The molecule has 2 rings (SSSR count). The van der Waals surface area contributed by atoms with E-state index in [1.165, 1.54) is 0 Å². The predicted octanol–water partition coefficient (Wildman–Crippen LogP) is 1.16. The van der Waals surface area contributed by atoms with Crippen molar-refractivity contribution >= 4 is 11.4 Å². The van der Waals surface area contributed by atoms with Crippen molar-refractivity contribution in [2.24, 2.45) is 0 Å². The Morgan fingerprint density at radius 3 is 2.88 bits per heavy atom. The Labute approximate surface area is 95.1 Å². The van der Waals surface area contributed by atoms with Crippen molar-refractivity contribution in [3.05, 3.63) is 44.6 Å². The second-order valence-corrected chi connectivity index (χ2v) is 3.50. The summed E-state index contributed by atoms with van der Waals surface area (Å²) in [5, 5.41) is 10.6. The van der Waals surface area contributed by atoms with E-state index in [1.807, 2.05) is 0 Å². The molecule has 7 heteroatoms. The van der Waals surface area contributed by atoms with Gasteiger partial charge in [-0.2, -0.15) is 0 Å². The van der Waals surface area contributed by atoms with Gasteiger partial charge in [0.25, 0.3) is 0 Å². The molecule has 0 bridgehead atoms. The molecule has 90 valence electrons. The molecular weight excluding hydrogens is 231 g/mol. The Hall–Kier alpha value is -2.02. The molecule has 0 unspecified atom stereocenters. The Morgan fingerprint density at radius 1 is 1.53 bits per heavy atom. The fourth-order valence-electron chi connectivity index (χ4n) is 1.62. The molecule has 2 heterocycles. The SMILES string of the molecule is O=c1c([N+](=O)[O-])cc(F)cn1C1=CCOCC1.